The Morgan fingerprint density at radius 3 is 2.44 bits per heavy atom. The number of aromatic nitrogens is 1. The lowest BCUT2D eigenvalue weighted by molar-refractivity contribution is 0.513. The fourth-order valence-corrected chi connectivity index (χ4v) is 4.44. The predicted octanol–water partition coefficient (Wildman–Crippen LogP) is 4.20. The summed E-state index contributed by atoms with van der Waals surface area (Å²) in [5.41, 5.74) is 1.57. The molecule has 0 fully saturated rings. The third-order valence-corrected chi connectivity index (χ3v) is 5.92. The van der Waals surface area contributed by atoms with E-state index in [9.17, 15) is 18.3 Å². The zero-order valence-corrected chi connectivity index (χ0v) is 15.7. The highest BCUT2D eigenvalue weighted by Gasteiger charge is 2.22. The Bertz CT molecular complexity index is 1170. The Hall–Kier alpha value is -2.83. The fraction of sp³-hybridized carbons (Fsp3) is 0.0500. The molecular weight excluding hydrogens is 386 g/mol. The molecule has 3 rings (SSSR count). The van der Waals surface area contributed by atoms with Gasteiger partial charge in [-0.25, -0.2) is 8.42 Å². The number of aliphatic hydroxyl groups is 1. The number of hydrogen-bond donors (Lipinski definition) is 2. The first kappa shape index (κ1) is 18.9. The third kappa shape index (κ3) is 4.13. The maximum absolute atomic E-state index is 12.8. The molecule has 138 valence electrons. The monoisotopic (exact) mass is 401 g/mol. The summed E-state index contributed by atoms with van der Waals surface area (Å²) in [6.07, 6.45) is 1.22. The van der Waals surface area contributed by atoms with E-state index < -0.39 is 26.0 Å². The summed E-state index contributed by atoms with van der Waals surface area (Å²) in [4.78, 5) is 13.8. The molecule has 3 aromatic rings. The van der Waals surface area contributed by atoms with Crippen LogP contribution in [0.3, 0.4) is 0 Å². The summed E-state index contributed by atoms with van der Waals surface area (Å²) >= 11 is 5.82. The minimum atomic E-state index is -4.00. The smallest absolute Gasteiger partial charge is 0.266 e. The molecule has 0 saturated carbocycles. The first-order valence-electron chi connectivity index (χ1n) is 7.95. The largest absolute Gasteiger partial charge is 0.508 e. The molecule has 0 spiro atoms. The number of pyridine rings is 1. The second-order valence-corrected chi connectivity index (χ2v) is 8.35. The van der Waals surface area contributed by atoms with Gasteiger partial charge in [0.2, 0.25) is 0 Å². The highest BCUT2D eigenvalue weighted by molar-refractivity contribution is 7.90. The number of rotatable bonds is 5. The van der Waals surface area contributed by atoms with Crippen molar-refractivity contribution in [1.82, 2.24) is 4.98 Å². The summed E-state index contributed by atoms with van der Waals surface area (Å²) in [7, 11) is -4.00. The lowest BCUT2D eigenvalue weighted by Gasteiger charge is -2.12. The van der Waals surface area contributed by atoms with Gasteiger partial charge < -0.3 is 10.1 Å². The molecule has 0 aliphatic rings. The van der Waals surface area contributed by atoms with E-state index in [4.69, 9.17) is 11.6 Å². The third-order valence-electron chi connectivity index (χ3n) is 4.04. The van der Waals surface area contributed by atoms with Crippen LogP contribution in [-0.4, -0.2) is 18.5 Å². The summed E-state index contributed by atoms with van der Waals surface area (Å²) in [5.74, 6) is -0.730. The zero-order chi connectivity index (χ0) is 19.6. The van der Waals surface area contributed by atoms with Gasteiger partial charge in [-0.15, -0.1) is 0 Å². The fourth-order valence-electron chi connectivity index (χ4n) is 2.76. The molecule has 0 bridgehead atoms. The molecule has 1 aromatic heterocycles. The minimum absolute atomic E-state index is 0.109. The van der Waals surface area contributed by atoms with Crippen molar-refractivity contribution in [1.29, 1.82) is 0 Å². The number of hydrogen-bond acceptors (Lipinski definition) is 4. The quantitative estimate of drug-likeness (QED) is 0.627. The van der Waals surface area contributed by atoms with Gasteiger partial charge in [-0.2, -0.15) is 0 Å². The average molecular weight is 402 g/mol. The molecule has 0 unspecified atom stereocenters. The van der Waals surface area contributed by atoms with Gasteiger partial charge in [0.15, 0.2) is 9.84 Å². The van der Waals surface area contributed by atoms with Crippen LogP contribution in [0.2, 0.25) is 5.02 Å². The van der Waals surface area contributed by atoms with E-state index in [1.54, 1.807) is 18.2 Å². The lowest BCUT2D eigenvalue weighted by Crippen LogP contribution is -2.19. The van der Waals surface area contributed by atoms with Crippen LogP contribution in [0.15, 0.2) is 77.1 Å². The maximum Gasteiger partial charge on any atom is 0.266 e. The molecule has 0 saturated heterocycles. The van der Waals surface area contributed by atoms with Crippen molar-refractivity contribution < 1.29 is 13.5 Å². The van der Waals surface area contributed by atoms with E-state index in [-0.39, 0.29) is 10.8 Å². The number of nitrogens with one attached hydrogen (secondary N) is 1. The topological polar surface area (TPSA) is 87.2 Å². The lowest BCUT2D eigenvalue weighted by atomic mass is 9.99. The zero-order valence-electron chi connectivity index (χ0n) is 14.1. The summed E-state index contributed by atoms with van der Waals surface area (Å²) < 4.78 is 25.6. The number of H-pyrrole nitrogens is 1. The molecule has 0 aliphatic heterocycles. The van der Waals surface area contributed by atoms with E-state index in [1.807, 2.05) is 30.3 Å². The van der Waals surface area contributed by atoms with E-state index >= 15 is 0 Å². The number of sulfone groups is 1. The van der Waals surface area contributed by atoms with Crippen molar-refractivity contribution in [3.63, 3.8) is 0 Å². The highest BCUT2D eigenvalue weighted by Crippen LogP contribution is 2.27. The second-order valence-electron chi connectivity index (χ2n) is 5.96. The number of aromatic amines is 1. The van der Waals surface area contributed by atoms with Crippen LogP contribution >= 0.6 is 11.6 Å². The van der Waals surface area contributed by atoms with Crippen LogP contribution in [0.25, 0.3) is 16.9 Å². The molecule has 0 amide bonds. The van der Waals surface area contributed by atoms with Gasteiger partial charge in [-0.1, -0.05) is 60.6 Å². The van der Waals surface area contributed by atoms with Gasteiger partial charge in [-0.05, 0) is 28.8 Å². The van der Waals surface area contributed by atoms with Gasteiger partial charge in [-0.3, -0.25) is 4.79 Å². The number of halogens is 1. The Labute approximate surface area is 161 Å². The molecule has 0 aliphatic carbocycles. The number of aliphatic hydroxyl groups excluding tert-OH is 1. The van der Waals surface area contributed by atoms with Crippen molar-refractivity contribution in [2.45, 2.75) is 10.6 Å². The Morgan fingerprint density at radius 2 is 1.78 bits per heavy atom. The van der Waals surface area contributed by atoms with Crippen LogP contribution in [0.1, 0.15) is 11.1 Å². The van der Waals surface area contributed by atoms with Gasteiger partial charge in [0, 0.05) is 11.8 Å². The average Bonchev–Trinajstić information content (AvgIpc) is 2.63. The van der Waals surface area contributed by atoms with Crippen LogP contribution < -0.4 is 5.56 Å². The SMILES string of the molecule is C=C(O)c1ccc(-c2ccccc2)cc1CS(=O)(=O)c1cc(Cl)c[nH]c1=O. The van der Waals surface area contributed by atoms with Gasteiger partial charge in [0.1, 0.15) is 10.7 Å². The van der Waals surface area contributed by atoms with Gasteiger partial charge >= 0.3 is 0 Å². The molecule has 1 heterocycles. The van der Waals surface area contributed by atoms with E-state index in [0.29, 0.717) is 11.1 Å². The van der Waals surface area contributed by atoms with E-state index in [1.165, 1.54) is 6.20 Å². The molecule has 2 N–H and O–H groups in total. The molecule has 7 heteroatoms. The summed E-state index contributed by atoms with van der Waals surface area (Å²) in [5, 5.41) is 9.96. The normalized spacial score (nSPS) is 11.3. The molecule has 5 nitrogen and oxygen atoms in total. The number of benzene rings is 2. The molecular formula is C20H16ClNO4S. The van der Waals surface area contributed by atoms with Gasteiger partial charge in [0.25, 0.3) is 5.56 Å². The second kappa shape index (κ2) is 7.42. The minimum Gasteiger partial charge on any atom is -0.508 e. The first-order chi connectivity index (χ1) is 12.8. The van der Waals surface area contributed by atoms with E-state index in [2.05, 4.69) is 11.6 Å². The Kier molecular flexibility index (Phi) is 5.21. The van der Waals surface area contributed by atoms with Crippen molar-refractivity contribution in [3.05, 3.63) is 93.9 Å². The van der Waals surface area contributed by atoms with E-state index in [0.717, 1.165) is 17.2 Å². The summed E-state index contributed by atoms with van der Waals surface area (Å²) in [6.45, 7) is 3.49. The summed E-state index contributed by atoms with van der Waals surface area (Å²) in [6, 6.07) is 15.6. The van der Waals surface area contributed by atoms with Crippen LogP contribution in [0.4, 0.5) is 0 Å². The molecule has 0 atom stereocenters. The standard InChI is InChI=1S/C20H16ClNO4S/c1-13(23)18-8-7-15(14-5-3-2-4-6-14)9-16(18)12-27(25,26)19-10-17(21)11-22-20(19)24/h2-11,23H,1,12H2,(H,22,24). The van der Waals surface area contributed by atoms with Crippen LogP contribution in [-0.2, 0) is 15.6 Å². The van der Waals surface area contributed by atoms with Gasteiger partial charge in [0.05, 0.1) is 10.8 Å². The predicted molar refractivity (Wildman–Crippen MR) is 107 cm³/mol. The molecule has 2 aromatic carbocycles. The molecule has 27 heavy (non-hydrogen) atoms. The van der Waals surface area contributed by atoms with Crippen molar-refractivity contribution in [2.24, 2.45) is 0 Å². The van der Waals surface area contributed by atoms with Crippen molar-refractivity contribution in [3.8, 4) is 11.1 Å². The Morgan fingerprint density at radius 1 is 1.07 bits per heavy atom. The first-order valence-corrected chi connectivity index (χ1v) is 9.98. The van der Waals surface area contributed by atoms with Crippen molar-refractivity contribution in [2.75, 3.05) is 0 Å². The highest BCUT2D eigenvalue weighted by atomic mass is 35.5. The molecule has 0 radical (unpaired) electrons. The van der Waals surface area contributed by atoms with Crippen molar-refractivity contribution >= 4 is 27.2 Å². The maximum atomic E-state index is 12.8. The van der Waals surface area contributed by atoms with Crippen LogP contribution in [0.5, 0.6) is 0 Å². The van der Waals surface area contributed by atoms with Crippen LogP contribution in [0, 0.1) is 0 Å². The Balaban J connectivity index is 2.11.